The molecule has 8 fully saturated rings. The molecule has 32 nitrogen and oxygen atoms in total. The van der Waals surface area contributed by atoms with Crippen LogP contribution in [0.3, 0.4) is 0 Å². The Morgan fingerprint density at radius 1 is 0.369 bits per heavy atom. The van der Waals surface area contributed by atoms with Crippen LogP contribution in [0.4, 0.5) is 8.78 Å². The number of methoxy groups -OCH3 is 4. The summed E-state index contributed by atoms with van der Waals surface area (Å²) in [4.78, 5) is 99.0. The highest BCUT2D eigenvalue weighted by atomic mass is 19.1. The quantitative estimate of drug-likeness (QED) is 0.0519. The number of hydrogen-bond acceptors (Lipinski definition) is 20. The number of carbonyl (C=O) groups excluding carboxylic acids is 4. The lowest BCUT2D eigenvalue weighted by Crippen LogP contribution is -2.50. The molecule has 0 radical (unpaired) electrons. The van der Waals surface area contributed by atoms with Crippen molar-refractivity contribution in [3.8, 4) is 69.1 Å². The number of aryl methyl sites for hydroxylation is 5. The molecule has 34 heteroatoms. The number of piperidine rings is 4. The van der Waals surface area contributed by atoms with E-state index in [1.807, 2.05) is 108 Å². The highest BCUT2D eigenvalue weighted by molar-refractivity contribution is 6.04. The van der Waals surface area contributed by atoms with Gasteiger partial charge in [0.05, 0.1) is 86.4 Å². The zero-order valence-electron chi connectivity index (χ0n) is 81.8. The standard InChI is InChI=1S/C28H34N6O2.C27H32N6O2.2C26H29FN6O2/c1-4-21-10-9-18-13-23(34(26(18)30-21)15-17-7-8-17)27-31-22-12-19(14-24(36-3)25(22)32(27)2)28(35)33-11-5-6-20(29)16-33;1-16-6-9-20(28)15-32(16)27(34)19-11-21-24(23(13-19)35-3)31(2)26(30-21)22-12-18-5-4-10-29-25(18)33(22)14-17-7-8-17;2*1-31-23-20(8-17(10-22(23)35-2)26(34)32-13-18(27)11-19(28)14-32)30-25(31)21-9-16-4-3-7-29-24(16)33(21)12-15-5-6-15/h9-10,12-14,17,20H,4-8,11,15-16,29H2,1-3H3;4-5,10-13,16-17,20H,6-9,14-15,28H2,1-3H3;2*3-4,7-10,15,18-19H,5-6,11-14,28H2,1-2H3/t20-;16-,20+;2*18-,19-/m1110/s1. The number of aromatic nitrogens is 16. The minimum atomic E-state index is -1.11. The minimum absolute atomic E-state index is 0.0169. The molecular formula is C107H124F2N24O8. The Labute approximate surface area is 815 Å². The molecule has 12 aromatic heterocycles. The summed E-state index contributed by atoms with van der Waals surface area (Å²) < 4.78 is 68.4. The van der Waals surface area contributed by atoms with Crippen LogP contribution < -0.4 is 41.9 Å². The van der Waals surface area contributed by atoms with Crippen LogP contribution in [-0.4, -0.2) is 236 Å². The van der Waals surface area contributed by atoms with Gasteiger partial charge in [0.2, 0.25) is 0 Å². The molecule has 4 saturated carbocycles. The third-order valence-electron chi connectivity index (χ3n) is 29.6. The van der Waals surface area contributed by atoms with Gasteiger partial charge in [0.25, 0.3) is 23.6 Å². The molecule has 734 valence electrons. The first-order valence-corrected chi connectivity index (χ1v) is 49.8. The Morgan fingerprint density at radius 3 is 1.03 bits per heavy atom. The summed E-state index contributed by atoms with van der Waals surface area (Å²) in [6.07, 6.45) is 18.4. The number of carbonyl (C=O) groups is 4. The third kappa shape index (κ3) is 18.4. The first-order valence-electron chi connectivity index (χ1n) is 49.8. The molecule has 16 aromatic rings. The number of amides is 4. The Kier molecular flexibility index (Phi) is 25.5. The maximum Gasteiger partial charge on any atom is 0.254 e. The number of hydrogen-bond donors (Lipinski definition) is 4. The van der Waals surface area contributed by atoms with Gasteiger partial charge in [-0.3, -0.25) is 19.2 Å². The number of halogens is 2. The second-order valence-electron chi connectivity index (χ2n) is 40.2. The Morgan fingerprint density at radius 2 is 0.695 bits per heavy atom. The van der Waals surface area contributed by atoms with E-state index in [0.29, 0.717) is 106 Å². The van der Waals surface area contributed by atoms with Gasteiger partial charge in [-0.2, -0.15) is 0 Å². The number of nitrogens with zero attached hydrogens (tertiary/aromatic N) is 20. The van der Waals surface area contributed by atoms with E-state index >= 15 is 0 Å². The summed E-state index contributed by atoms with van der Waals surface area (Å²) >= 11 is 0. The fourth-order valence-corrected chi connectivity index (χ4v) is 21.4. The number of likely N-dealkylation sites (tertiary alicyclic amines) is 4. The molecule has 141 heavy (non-hydrogen) atoms. The summed E-state index contributed by atoms with van der Waals surface area (Å²) in [5.74, 6) is 7.79. The van der Waals surface area contributed by atoms with E-state index in [9.17, 15) is 28.0 Å². The number of fused-ring (bicyclic) bond motifs is 8. The zero-order chi connectivity index (χ0) is 97.8. The van der Waals surface area contributed by atoms with E-state index < -0.39 is 12.3 Å². The molecule has 4 saturated heterocycles. The van der Waals surface area contributed by atoms with E-state index in [1.54, 1.807) is 52.7 Å². The van der Waals surface area contributed by atoms with E-state index in [-0.39, 0.29) is 79.8 Å². The Hall–Kier alpha value is -13.7. The molecule has 4 aliphatic heterocycles. The Balaban J connectivity index is 0.000000111. The zero-order valence-corrected chi connectivity index (χ0v) is 81.8. The van der Waals surface area contributed by atoms with Crippen molar-refractivity contribution in [1.82, 2.24) is 96.0 Å². The second kappa shape index (κ2) is 38.4. The fourth-order valence-electron chi connectivity index (χ4n) is 21.4. The number of pyridine rings is 4. The summed E-state index contributed by atoms with van der Waals surface area (Å²) in [6, 6.07) is 38.9. The van der Waals surface area contributed by atoms with Gasteiger partial charge in [0.1, 0.15) is 80.0 Å². The molecule has 0 unspecified atom stereocenters. The molecule has 4 aliphatic carbocycles. The molecule has 8 N–H and O–H groups in total. The topological polar surface area (TPSA) is 365 Å². The van der Waals surface area contributed by atoms with Gasteiger partial charge in [-0.05, 0) is 248 Å². The minimum Gasteiger partial charge on any atom is -0.494 e. The van der Waals surface area contributed by atoms with Crippen molar-refractivity contribution in [2.45, 2.75) is 179 Å². The summed E-state index contributed by atoms with van der Waals surface area (Å²) in [5, 5.41) is 4.37. The molecule has 4 aromatic carbocycles. The highest BCUT2D eigenvalue weighted by Gasteiger charge is 2.38. The first-order chi connectivity index (χ1) is 68.2. The number of rotatable bonds is 21. The summed E-state index contributed by atoms with van der Waals surface area (Å²) in [5.41, 5.74) is 41.5. The van der Waals surface area contributed by atoms with Crippen LogP contribution in [0, 0.1) is 23.7 Å². The lowest BCUT2D eigenvalue weighted by molar-refractivity contribution is 0.0603. The monoisotopic (exact) mass is 1910 g/mol. The lowest BCUT2D eigenvalue weighted by Gasteiger charge is -2.36. The lowest BCUT2D eigenvalue weighted by atomic mass is 9.99. The summed E-state index contributed by atoms with van der Waals surface area (Å²) in [6.45, 7) is 10.6. The predicted molar refractivity (Wildman–Crippen MR) is 542 cm³/mol. The third-order valence-corrected chi connectivity index (χ3v) is 29.6. The largest absolute Gasteiger partial charge is 0.494 e. The number of benzene rings is 4. The van der Waals surface area contributed by atoms with Crippen LogP contribution in [0.5, 0.6) is 23.0 Å². The number of alkyl halides is 2. The molecule has 4 amide bonds. The SMILES string of the molecule is CCc1ccc2cc(-c3nc4cc(C(=O)N5CCC[C@@H](N)C5)cc(OC)c4n3C)n(CC3CC3)c2n1.COc1cc(C(=O)N2C[C@@H](N)CC[C@H]2C)cc2nc(-c3cc4cccnc4n3CC3CC3)n(C)c12.COc1cc(C(=O)N2C[C@@H](N)C[C@H](F)C2)cc2nc(-c3cc4cccnc4n3CC3CC3)n(C)c12.COc1cc(C(=O)N2C[C@H](N)C[C@@H](F)C2)cc2nc(-c3cc4cccnc4n3CC3CC3)n(C)c12. The molecule has 0 spiro atoms. The average Bonchev–Trinajstić information content (AvgIpc) is 1.60. The first kappa shape index (κ1) is 93.6. The van der Waals surface area contributed by atoms with Gasteiger partial charge in [0, 0.05) is 185 Å². The predicted octanol–water partition coefficient (Wildman–Crippen LogP) is 15.1. The van der Waals surface area contributed by atoms with Crippen LogP contribution in [-0.2, 0) is 60.8 Å². The number of nitrogens with two attached hydrogens (primary N) is 4. The van der Waals surface area contributed by atoms with E-state index in [1.165, 1.54) is 61.2 Å². The maximum atomic E-state index is 14.1. The molecule has 16 heterocycles. The van der Waals surface area contributed by atoms with Gasteiger partial charge in [-0.25, -0.2) is 48.7 Å². The van der Waals surface area contributed by atoms with Gasteiger partial charge in [-0.15, -0.1) is 0 Å². The maximum absolute atomic E-state index is 14.1. The van der Waals surface area contributed by atoms with E-state index in [4.69, 9.17) is 66.8 Å². The van der Waals surface area contributed by atoms with Crippen molar-refractivity contribution in [1.29, 1.82) is 0 Å². The highest BCUT2D eigenvalue weighted by Crippen LogP contribution is 2.45. The smallest absolute Gasteiger partial charge is 0.254 e. The van der Waals surface area contributed by atoms with Gasteiger partial charge in [-0.1, -0.05) is 6.92 Å². The molecule has 7 atom stereocenters. The number of imidazole rings is 4. The van der Waals surface area contributed by atoms with Crippen LogP contribution in [0.2, 0.25) is 0 Å². The van der Waals surface area contributed by atoms with Gasteiger partial charge < -0.3 is 98.0 Å². The van der Waals surface area contributed by atoms with Crippen LogP contribution in [0.25, 0.3) is 134 Å². The van der Waals surface area contributed by atoms with Crippen molar-refractivity contribution in [2.75, 3.05) is 74.3 Å². The van der Waals surface area contributed by atoms with Crippen LogP contribution >= 0.6 is 0 Å². The van der Waals surface area contributed by atoms with Crippen molar-refractivity contribution in [2.24, 2.45) is 74.8 Å². The van der Waals surface area contributed by atoms with E-state index in [2.05, 4.69) is 111 Å². The molecule has 0 bridgehead atoms. The van der Waals surface area contributed by atoms with Crippen molar-refractivity contribution in [3.63, 3.8) is 0 Å². The fraction of sp³-hybridized carbons (Fsp3) is 0.439. The van der Waals surface area contributed by atoms with Gasteiger partial charge in [0.15, 0.2) is 23.3 Å². The van der Waals surface area contributed by atoms with Crippen molar-refractivity contribution >= 4 is 112 Å². The average molecular weight is 1910 g/mol. The molecule has 24 rings (SSSR count). The van der Waals surface area contributed by atoms with Gasteiger partial charge >= 0.3 is 0 Å². The van der Waals surface area contributed by atoms with Crippen molar-refractivity contribution in [3.05, 3.63) is 168 Å². The van der Waals surface area contributed by atoms with Crippen LogP contribution in [0.1, 0.15) is 151 Å². The second-order valence-corrected chi connectivity index (χ2v) is 40.2. The van der Waals surface area contributed by atoms with Crippen LogP contribution in [0.15, 0.2) is 140 Å². The Bertz CT molecular complexity index is 7290. The summed E-state index contributed by atoms with van der Waals surface area (Å²) in [7, 11) is 14.4. The molecular weight excluding hydrogens is 1790 g/mol. The van der Waals surface area contributed by atoms with Crippen molar-refractivity contribution < 1.29 is 46.9 Å². The van der Waals surface area contributed by atoms with E-state index in [0.717, 1.165) is 194 Å². The normalized spacial score (nSPS) is 20.0. The molecule has 8 aliphatic rings. The number of ether oxygens (including phenoxy) is 4.